The van der Waals surface area contributed by atoms with E-state index in [1.54, 1.807) is 4.68 Å². The van der Waals surface area contributed by atoms with Crippen LogP contribution in [0.4, 0.5) is 15.8 Å². The molecule has 21 heavy (non-hydrogen) atoms. The summed E-state index contributed by atoms with van der Waals surface area (Å²) < 4.78 is 20.1. The zero-order valence-corrected chi connectivity index (χ0v) is 11.9. The lowest BCUT2D eigenvalue weighted by molar-refractivity contribution is 0.0602. The van der Waals surface area contributed by atoms with E-state index in [4.69, 9.17) is 5.73 Å². The number of carbonyl (C=O) groups excluding carboxylic acids is 1. The van der Waals surface area contributed by atoms with Crippen molar-refractivity contribution in [1.82, 2.24) is 9.78 Å². The number of methoxy groups -OCH3 is 1. The van der Waals surface area contributed by atoms with Gasteiger partial charge in [0.15, 0.2) is 0 Å². The molecule has 1 aromatic heterocycles. The van der Waals surface area contributed by atoms with Crippen molar-refractivity contribution >= 4 is 17.3 Å². The largest absolute Gasteiger partial charge is 0.465 e. The molecule has 1 heterocycles. The number of carbonyl (C=O) groups is 1. The standard InChI is InChI=1S/C14H17FN4O2/c1-19-6-4-9(18-19)3-5-17-13-7-10(14(20)21-2)12(16)8-11(13)15/h4,6-8,17H,3,5,16H2,1-2H3. The lowest BCUT2D eigenvalue weighted by Gasteiger charge is -2.10. The molecule has 3 N–H and O–H groups in total. The maximum Gasteiger partial charge on any atom is 0.340 e. The molecule has 2 rings (SSSR count). The van der Waals surface area contributed by atoms with E-state index in [0.29, 0.717) is 13.0 Å². The van der Waals surface area contributed by atoms with Crippen molar-refractivity contribution in [2.24, 2.45) is 7.05 Å². The van der Waals surface area contributed by atoms with Gasteiger partial charge in [0.05, 0.1) is 24.1 Å². The van der Waals surface area contributed by atoms with E-state index < -0.39 is 11.8 Å². The van der Waals surface area contributed by atoms with Gasteiger partial charge in [-0.2, -0.15) is 5.10 Å². The Balaban J connectivity index is 2.07. The number of nitrogens with one attached hydrogen (secondary N) is 1. The van der Waals surface area contributed by atoms with Gasteiger partial charge in [-0.05, 0) is 18.2 Å². The number of nitrogen functional groups attached to an aromatic ring is 1. The van der Waals surface area contributed by atoms with Gasteiger partial charge < -0.3 is 15.8 Å². The summed E-state index contributed by atoms with van der Waals surface area (Å²) in [6.07, 6.45) is 2.48. The number of halogens is 1. The van der Waals surface area contributed by atoms with Crippen molar-refractivity contribution in [3.8, 4) is 0 Å². The molecule has 0 aliphatic rings. The maximum atomic E-state index is 13.8. The Morgan fingerprint density at radius 3 is 2.90 bits per heavy atom. The van der Waals surface area contributed by atoms with Crippen molar-refractivity contribution in [1.29, 1.82) is 0 Å². The number of aryl methyl sites for hydroxylation is 1. The molecule has 0 atom stereocenters. The molecule has 0 radical (unpaired) electrons. The Bertz CT molecular complexity index is 654. The molecule has 6 nitrogen and oxygen atoms in total. The average Bonchev–Trinajstić information content (AvgIpc) is 2.86. The number of anilines is 2. The summed E-state index contributed by atoms with van der Waals surface area (Å²) in [7, 11) is 3.08. The van der Waals surface area contributed by atoms with Crippen molar-refractivity contribution in [2.45, 2.75) is 6.42 Å². The van der Waals surface area contributed by atoms with Crippen LogP contribution in [0.15, 0.2) is 24.4 Å². The normalized spacial score (nSPS) is 10.4. The van der Waals surface area contributed by atoms with Crippen molar-refractivity contribution < 1.29 is 13.9 Å². The van der Waals surface area contributed by atoms with E-state index in [9.17, 15) is 9.18 Å². The third-order valence-electron chi connectivity index (χ3n) is 3.01. The Morgan fingerprint density at radius 2 is 2.29 bits per heavy atom. The number of benzene rings is 1. The van der Waals surface area contributed by atoms with Crippen LogP contribution in [0.3, 0.4) is 0 Å². The van der Waals surface area contributed by atoms with Crippen LogP contribution in [0.1, 0.15) is 16.1 Å². The Kier molecular flexibility index (Phi) is 4.42. The van der Waals surface area contributed by atoms with Crippen LogP contribution >= 0.6 is 0 Å². The molecular formula is C14H17FN4O2. The highest BCUT2D eigenvalue weighted by atomic mass is 19.1. The monoisotopic (exact) mass is 292 g/mol. The van der Waals surface area contributed by atoms with Crippen molar-refractivity contribution in [2.75, 3.05) is 24.7 Å². The third-order valence-corrected chi connectivity index (χ3v) is 3.01. The van der Waals surface area contributed by atoms with Gasteiger partial charge in [-0.15, -0.1) is 0 Å². The zero-order chi connectivity index (χ0) is 15.4. The molecule has 0 spiro atoms. The summed E-state index contributed by atoms with van der Waals surface area (Å²) in [6.45, 7) is 0.485. The number of rotatable bonds is 5. The number of ether oxygens (including phenoxy) is 1. The summed E-state index contributed by atoms with van der Waals surface area (Å²) in [4.78, 5) is 11.5. The number of hydrogen-bond acceptors (Lipinski definition) is 5. The molecule has 0 aliphatic heterocycles. The first-order chi connectivity index (χ1) is 10.0. The number of aromatic nitrogens is 2. The molecular weight excluding hydrogens is 275 g/mol. The van der Waals surface area contributed by atoms with Crippen molar-refractivity contribution in [3.05, 3.63) is 41.5 Å². The van der Waals surface area contributed by atoms with Crippen LogP contribution in [-0.4, -0.2) is 29.4 Å². The zero-order valence-electron chi connectivity index (χ0n) is 11.9. The molecule has 112 valence electrons. The SMILES string of the molecule is COC(=O)c1cc(NCCc2ccn(C)n2)c(F)cc1N. The Labute approximate surface area is 121 Å². The lowest BCUT2D eigenvalue weighted by atomic mass is 10.1. The maximum absolute atomic E-state index is 13.8. The van der Waals surface area contributed by atoms with E-state index in [1.807, 2.05) is 19.3 Å². The molecule has 1 aromatic carbocycles. The van der Waals surface area contributed by atoms with E-state index in [2.05, 4.69) is 15.2 Å². The summed E-state index contributed by atoms with van der Waals surface area (Å²) in [5, 5.41) is 7.16. The summed E-state index contributed by atoms with van der Waals surface area (Å²) >= 11 is 0. The van der Waals surface area contributed by atoms with Crippen LogP contribution in [0.25, 0.3) is 0 Å². The number of hydrogen-bond donors (Lipinski definition) is 2. The number of nitrogens with zero attached hydrogens (tertiary/aromatic N) is 2. The Hall–Kier alpha value is -2.57. The minimum absolute atomic E-state index is 0.0506. The second kappa shape index (κ2) is 6.25. The summed E-state index contributed by atoms with van der Waals surface area (Å²) in [5.74, 6) is -1.11. The average molecular weight is 292 g/mol. The molecule has 0 saturated heterocycles. The van der Waals surface area contributed by atoms with Gasteiger partial charge in [0.2, 0.25) is 0 Å². The molecule has 2 aromatic rings. The van der Waals surface area contributed by atoms with Crippen LogP contribution in [0.5, 0.6) is 0 Å². The lowest BCUT2D eigenvalue weighted by Crippen LogP contribution is -2.11. The van der Waals surface area contributed by atoms with E-state index in [0.717, 1.165) is 11.8 Å². The van der Waals surface area contributed by atoms with Gasteiger partial charge >= 0.3 is 5.97 Å². The minimum atomic E-state index is -0.597. The molecule has 0 amide bonds. The molecule has 7 heteroatoms. The van der Waals surface area contributed by atoms with Gasteiger partial charge in [0.1, 0.15) is 5.82 Å². The second-order valence-corrected chi connectivity index (χ2v) is 4.57. The molecule has 0 aliphatic carbocycles. The molecule has 0 unspecified atom stereocenters. The first-order valence-electron chi connectivity index (χ1n) is 6.41. The topological polar surface area (TPSA) is 82.2 Å². The van der Waals surface area contributed by atoms with Gasteiger partial charge in [0.25, 0.3) is 0 Å². The first-order valence-corrected chi connectivity index (χ1v) is 6.41. The smallest absolute Gasteiger partial charge is 0.340 e. The van der Waals surface area contributed by atoms with Gasteiger partial charge in [-0.1, -0.05) is 0 Å². The highest BCUT2D eigenvalue weighted by Crippen LogP contribution is 2.22. The quantitative estimate of drug-likeness (QED) is 0.646. The fourth-order valence-corrected chi connectivity index (χ4v) is 1.93. The van der Waals surface area contributed by atoms with Crippen molar-refractivity contribution in [3.63, 3.8) is 0 Å². The van der Waals surface area contributed by atoms with Crippen LogP contribution in [0.2, 0.25) is 0 Å². The third kappa shape index (κ3) is 3.50. The van der Waals surface area contributed by atoms with Crippen LogP contribution < -0.4 is 11.1 Å². The van der Waals surface area contributed by atoms with Gasteiger partial charge in [0, 0.05) is 31.9 Å². The highest BCUT2D eigenvalue weighted by Gasteiger charge is 2.14. The predicted octanol–water partition coefficient (Wildman–Crippen LogP) is 1.58. The molecule has 0 saturated carbocycles. The predicted molar refractivity (Wildman–Crippen MR) is 77.6 cm³/mol. The van der Waals surface area contributed by atoms with E-state index in [-0.39, 0.29) is 16.9 Å². The number of nitrogens with two attached hydrogens (primary N) is 1. The van der Waals surface area contributed by atoms with E-state index >= 15 is 0 Å². The molecule has 0 fully saturated rings. The van der Waals surface area contributed by atoms with Crippen LogP contribution in [0, 0.1) is 5.82 Å². The Morgan fingerprint density at radius 1 is 1.52 bits per heavy atom. The molecule has 0 bridgehead atoms. The fourth-order valence-electron chi connectivity index (χ4n) is 1.93. The van der Waals surface area contributed by atoms with Crippen LogP contribution in [-0.2, 0) is 18.2 Å². The van der Waals surface area contributed by atoms with E-state index in [1.165, 1.54) is 13.2 Å². The second-order valence-electron chi connectivity index (χ2n) is 4.57. The minimum Gasteiger partial charge on any atom is -0.465 e. The fraction of sp³-hybridized carbons (Fsp3) is 0.286. The van der Waals surface area contributed by atoms with Gasteiger partial charge in [-0.3, -0.25) is 4.68 Å². The summed E-state index contributed by atoms with van der Waals surface area (Å²) in [6, 6.07) is 4.35. The highest BCUT2D eigenvalue weighted by molar-refractivity contribution is 5.96. The number of esters is 1. The summed E-state index contributed by atoms with van der Waals surface area (Å²) in [5.41, 5.74) is 6.90. The first kappa shape index (κ1) is 14.8. The van der Waals surface area contributed by atoms with Gasteiger partial charge in [-0.25, -0.2) is 9.18 Å².